The molecule has 0 aliphatic rings. The molecule has 0 aliphatic heterocycles. The van der Waals surface area contributed by atoms with Crippen LogP contribution in [0.25, 0.3) is 0 Å². The maximum Gasteiger partial charge on any atom is 0.234 e. The van der Waals surface area contributed by atoms with Gasteiger partial charge in [0.1, 0.15) is 25.4 Å². The summed E-state index contributed by atoms with van der Waals surface area (Å²) >= 11 is 0. The number of amides is 1. The topological polar surface area (TPSA) is 80.6 Å². The highest BCUT2D eigenvalue weighted by atomic mass is 16.5. The maximum atomic E-state index is 11.3. The maximum absolute atomic E-state index is 11.3. The largest absolute Gasteiger partial charge is 0.493 e. The molecule has 6 heteroatoms. The number of hydrogen-bond acceptors (Lipinski definition) is 5. The van der Waals surface area contributed by atoms with E-state index in [1.54, 1.807) is 7.11 Å². The lowest BCUT2D eigenvalue weighted by Crippen LogP contribution is -2.24. The number of aryl methyl sites for hydroxylation is 2. The van der Waals surface area contributed by atoms with Crippen LogP contribution in [0, 0.1) is 25.2 Å². The van der Waals surface area contributed by atoms with Crippen LogP contribution in [0.4, 0.5) is 0 Å². The highest BCUT2D eigenvalue weighted by molar-refractivity contribution is 5.77. The van der Waals surface area contributed by atoms with E-state index < -0.39 is 0 Å². The first-order valence-corrected chi connectivity index (χ1v) is 9.16. The Labute approximate surface area is 166 Å². The number of benzene rings is 2. The third-order valence-corrected chi connectivity index (χ3v) is 4.01. The molecule has 0 saturated carbocycles. The number of carbonyl (C=O) groups excluding carboxylic acids is 1. The summed E-state index contributed by atoms with van der Waals surface area (Å²) in [5, 5.41) is 11.2. The van der Waals surface area contributed by atoms with Gasteiger partial charge >= 0.3 is 0 Å². The molecule has 2 aromatic rings. The highest BCUT2D eigenvalue weighted by Gasteiger charge is 2.07. The van der Waals surface area contributed by atoms with Crippen LogP contribution in [0.5, 0.6) is 17.2 Å². The zero-order chi connectivity index (χ0) is 20.4. The number of hydrogen-bond donors (Lipinski definition) is 1. The summed E-state index contributed by atoms with van der Waals surface area (Å²) in [6, 6.07) is 13.6. The van der Waals surface area contributed by atoms with Crippen molar-refractivity contribution >= 4 is 5.91 Å². The summed E-state index contributed by atoms with van der Waals surface area (Å²) in [5.41, 5.74) is 3.32. The van der Waals surface area contributed by atoms with Crippen molar-refractivity contribution in [3.8, 4) is 23.3 Å². The Balaban J connectivity index is 1.87. The average molecular weight is 382 g/mol. The van der Waals surface area contributed by atoms with Gasteiger partial charge in [0, 0.05) is 6.54 Å². The second-order valence-electron chi connectivity index (χ2n) is 6.44. The van der Waals surface area contributed by atoms with Gasteiger partial charge in [-0.15, -0.1) is 0 Å². The normalized spacial score (nSPS) is 10.1. The van der Waals surface area contributed by atoms with Crippen LogP contribution in [-0.2, 0) is 11.2 Å². The minimum absolute atomic E-state index is 0.128. The molecule has 2 rings (SSSR count). The Kier molecular flexibility index (Phi) is 8.16. The molecule has 0 saturated heterocycles. The van der Waals surface area contributed by atoms with Crippen LogP contribution in [0.2, 0.25) is 0 Å². The van der Waals surface area contributed by atoms with E-state index in [2.05, 4.69) is 11.4 Å². The lowest BCUT2D eigenvalue weighted by atomic mass is 10.1. The predicted octanol–water partition coefficient (Wildman–Crippen LogP) is 3.34. The van der Waals surface area contributed by atoms with Gasteiger partial charge < -0.3 is 19.5 Å². The minimum atomic E-state index is -0.268. The first kappa shape index (κ1) is 21.1. The van der Waals surface area contributed by atoms with E-state index in [4.69, 9.17) is 19.5 Å². The van der Waals surface area contributed by atoms with E-state index in [1.807, 2.05) is 50.2 Å². The number of rotatable bonds is 10. The van der Waals surface area contributed by atoms with E-state index in [-0.39, 0.29) is 12.3 Å². The monoisotopic (exact) mass is 382 g/mol. The molecule has 148 valence electrons. The Morgan fingerprint density at radius 3 is 2.43 bits per heavy atom. The van der Waals surface area contributed by atoms with Gasteiger partial charge in [-0.3, -0.25) is 4.79 Å². The van der Waals surface area contributed by atoms with Crippen LogP contribution in [-0.4, -0.2) is 32.8 Å². The molecule has 0 fully saturated rings. The van der Waals surface area contributed by atoms with Crippen molar-refractivity contribution in [1.29, 1.82) is 5.26 Å². The minimum Gasteiger partial charge on any atom is -0.493 e. The summed E-state index contributed by atoms with van der Waals surface area (Å²) in [6.07, 6.45) is 0.508. The molecule has 0 aromatic heterocycles. The van der Waals surface area contributed by atoms with Gasteiger partial charge in [-0.1, -0.05) is 12.1 Å². The van der Waals surface area contributed by atoms with E-state index >= 15 is 0 Å². The third kappa shape index (κ3) is 6.84. The summed E-state index contributed by atoms with van der Waals surface area (Å²) in [4.78, 5) is 11.3. The second-order valence-corrected chi connectivity index (χ2v) is 6.44. The molecule has 0 atom stereocenters. The molecule has 28 heavy (non-hydrogen) atoms. The molecule has 1 amide bonds. The quantitative estimate of drug-likeness (QED) is 0.638. The number of nitriles is 1. The molecule has 0 spiro atoms. The van der Waals surface area contributed by atoms with Gasteiger partial charge in [0.15, 0.2) is 11.5 Å². The van der Waals surface area contributed by atoms with Crippen molar-refractivity contribution in [2.75, 3.05) is 26.9 Å². The Bertz CT molecular complexity index is 823. The Hall–Kier alpha value is -3.20. The number of carbonyl (C=O) groups is 1. The fourth-order valence-electron chi connectivity index (χ4n) is 2.80. The van der Waals surface area contributed by atoms with Gasteiger partial charge in [0.05, 0.1) is 13.2 Å². The van der Waals surface area contributed by atoms with Crippen molar-refractivity contribution < 1.29 is 19.0 Å². The van der Waals surface area contributed by atoms with E-state index in [0.717, 1.165) is 22.4 Å². The number of ether oxygens (including phenoxy) is 3. The third-order valence-electron chi connectivity index (χ3n) is 4.01. The van der Waals surface area contributed by atoms with Crippen LogP contribution in [0.1, 0.15) is 23.1 Å². The summed E-state index contributed by atoms with van der Waals surface area (Å²) in [6.45, 7) is 5.33. The SMILES string of the molecule is COc1ccc(CCNC(=O)CC#N)cc1OCCOc1cc(C)cc(C)c1. The van der Waals surface area contributed by atoms with Gasteiger partial charge in [0.2, 0.25) is 5.91 Å². The van der Waals surface area contributed by atoms with Crippen molar-refractivity contribution in [3.63, 3.8) is 0 Å². The standard InChI is InChI=1S/C22H26N2O4/c1-16-12-17(2)14-19(13-16)27-10-11-28-21-15-18(4-5-20(21)26-3)7-9-24-22(25)6-8-23/h4-5,12-15H,6-7,9-11H2,1-3H3,(H,24,25). The van der Waals surface area contributed by atoms with Gasteiger partial charge in [-0.05, 0) is 61.2 Å². The fourth-order valence-corrected chi connectivity index (χ4v) is 2.80. The molecule has 0 heterocycles. The zero-order valence-corrected chi connectivity index (χ0v) is 16.6. The lowest BCUT2D eigenvalue weighted by Gasteiger charge is -2.13. The first-order chi connectivity index (χ1) is 13.5. The molecule has 0 bridgehead atoms. The van der Waals surface area contributed by atoms with Crippen molar-refractivity contribution in [1.82, 2.24) is 5.32 Å². The van der Waals surface area contributed by atoms with Crippen LogP contribution in [0.15, 0.2) is 36.4 Å². The molecular weight excluding hydrogens is 356 g/mol. The molecule has 2 aromatic carbocycles. The van der Waals surface area contributed by atoms with Gasteiger partial charge in [-0.25, -0.2) is 0 Å². The van der Waals surface area contributed by atoms with E-state index in [1.165, 1.54) is 0 Å². The van der Waals surface area contributed by atoms with Crippen LogP contribution in [0.3, 0.4) is 0 Å². The first-order valence-electron chi connectivity index (χ1n) is 9.16. The molecule has 1 N–H and O–H groups in total. The van der Waals surface area contributed by atoms with Gasteiger partial charge in [-0.2, -0.15) is 5.26 Å². The predicted molar refractivity (Wildman–Crippen MR) is 107 cm³/mol. The molecule has 0 unspecified atom stereocenters. The number of nitrogens with one attached hydrogen (secondary N) is 1. The summed E-state index contributed by atoms with van der Waals surface area (Å²) in [7, 11) is 1.59. The van der Waals surface area contributed by atoms with Gasteiger partial charge in [0.25, 0.3) is 0 Å². The van der Waals surface area contributed by atoms with Crippen molar-refractivity contribution in [2.24, 2.45) is 0 Å². The summed E-state index contributed by atoms with van der Waals surface area (Å²) in [5.74, 6) is 1.84. The van der Waals surface area contributed by atoms with E-state index in [9.17, 15) is 4.79 Å². The smallest absolute Gasteiger partial charge is 0.234 e. The Morgan fingerprint density at radius 1 is 1.04 bits per heavy atom. The van der Waals surface area contributed by atoms with Crippen molar-refractivity contribution in [3.05, 3.63) is 53.1 Å². The van der Waals surface area contributed by atoms with E-state index in [0.29, 0.717) is 37.7 Å². The number of nitrogens with zero attached hydrogens (tertiary/aromatic N) is 1. The molecule has 6 nitrogen and oxygen atoms in total. The zero-order valence-electron chi connectivity index (χ0n) is 16.6. The second kappa shape index (κ2) is 10.8. The molecular formula is C22H26N2O4. The average Bonchev–Trinajstić information content (AvgIpc) is 2.65. The molecule has 0 radical (unpaired) electrons. The lowest BCUT2D eigenvalue weighted by molar-refractivity contribution is -0.120. The number of methoxy groups -OCH3 is 1. The molecule has 0 aliphatic carbocycles. The Morgan fingerprint density at radius 2 is 1.75 bits per heavy atom. The highest BCUT2D eigenvalue weighted by Crippen LogP contribution is 2.28. The summed E-state index contributed by atoms with van der Waals surface area (Å²) < 4.78 is 17.0. The van der Waals surface area contributed by atoms with Crippen LogP contribution >= 0.6 is 0 Å². The van der Waals surface area contributed by atoms with Crippen LogP contribution < -0.4 is 19.5 Å². The fraction of sp³-hybridized carbons (Fsp3) is 0.364. The van der Waals surface area contributed by atoms with Crippen molar-refractivity contribution in [2.45, 2.75) is 26.7 Å².